The summed E-state index contributed by atoms with van der Waals surface area (Å²) in [4.78, 5) is 12.1. The number of halogens is 1. The van der Waals surface area contributed by atoms with Crippen LogP contribution >= 0.6 is 0 Å². The van der Waals surface area contributed by atoms with E-state index in [9.17, 15) is 4.39 Å². The number of benzene rings is 1. The second kappa shape index (κ2) is 6.08. The van der Waals surface area contributed by atoms with Crippen LogP contribution in [-0.4, -0.2) is 33.7 Å². The molecule has 1 fully saturated rings. The van der Waals surface area contributed by atoms with Gasteiger partial charge in [0.2, 0.25) is 5.95 Å². The van der Waals surface area contributed by atoms with Crippen LogP contribution in [0, 0.1) is 0 Å². The van der Waals surface area contributed by atoms with Crippen molar-refractivity contribution < 1.29 is 4.39 Å². The van der Waals surface area contributed by atoms with Crippen LogP contribution in [0.15, 0.2) is 37.2 Å². The summed E-state index contributed by atoms with van der Waals surface area (Å²) in [5, 5.41) is 7.34. The summed E-state index contributed by atoms with van der Waals surface area (Å²) in [6.07, 6.45) is 7.14. The summed E-state index contributed by atoms with van der Waals surface area (Å²) in [6, 6.07) is 6.49. The minimum atomic E-state index is -1.07. The predicted octanol–water partition coefficient (Wildman–Crippen LogP) is 4.05. The van der Waals surface area contributed by atoms with Gasteiger partial charge in [-0.3, -0.25) is 0 Å². The summed E-state index contributed by atoms with van der Waals surface area (Å²) in [6.45, 7) is 5.37. The Morgan fingerprint density at radius 1 is 1.26 bits per heavy atom. The third-order valence-corrected chi connectivity index (χ3v) is 5.49. The number of fused-ring (bicyclic) bond motifs is 2. The lowest BCUT2D eigenvalue weighted by molar-refractivity contribution is 0.326. The molecule has 5 nitrogen and oxygen atoms in total. The first kappa shape index (κ1) is 16.3. The van der Waals surface area contributed by atoms with Crippen molar-refractivity contribution in [1.82, 2.24) is 20.3 Å². The zero-order valence-corrected chi connectivity index (χ0v) is 15.1. The van der Waals surface area contributed by atoms with Crippen LogP contribution in [0.1, 0.15) is 30.4 Å². The lowest BCUT2D eigenvalue weighted by Crippen LogP contribution is -2.17. The van der Waals surface area contributed by atoms with Gasteiger partial charge in [0.05, 0.1) is 6.54 Å². The summed E-state index contributed by atoms with van der Waals surface area (Å²) >= 11 is 0. The van der Waals surface area contributed by atoms with E-state index in [2.05, 4.69) is 50.4 Å². The minimum Gasteiger partial charge on any atom is -0.385 e. The molecule has 1 aromatic carbocycles. The molecule has 0 unspecified atom stereocenters. The Bertz CT molecular complexity index is 1030. The van der Waals surface area contributed by atoms with Crippen molar-refractivity contribution in [3.63, 3.8) is 0 Å². The van der Waals surface area contributed by atoms with Crippen molar-refractivity contribution in [2.75, 3.05) is 18.4 Å². The van der Waals surface area contributed by atoms with Crippen LogP contribution in [0.3, 0.4) is 0 Å². The predicted molar refractivity (Wildman–Crippen MR) is 106 cm³/mol. The third kappa shape index (κ3) is 3.05. The first-order valence-electron chi connectivity index (χ1n) is 9.45. The molecule has 0 amide bonds. The molecule has 0 radical (unpaired) electrons. The maximum absolute atomic E-state index is 13.8. The number of hydrogen-bond donors (Lipinski definition) is 3. The Morgan fingerprint density at radius 3 is 3.00 bits per heavy atom. The monoisotopic (exact) mass is 363 g/mol. The maximum atomic E-state index is 13.8. The van der Waals surface area contributed by atoms with Gasteiger partial charge in [-0.2, -0.15) is 4.98 Å². The van der Waals surface area contributed by atoms with Crippen LogP contribution in [-0.2, 0) is 6.42 Å². The molecule has 2 aliphatic rings. The van der Waals surface area contributed by atoms with Crippen LogP contribution in [0.5, 0.6) is 0 Å². The fourth-order valence-corrected chi connectivity index (χ4v) is 3.66. The SMILES string of the molecule is C=C1NCCCc2cc(-c3c[nH]c4nc(NCC5(F)CC5)ncc34)ccc21. The van der Waals surface area contributed by atoms with E-state index < -0.39 is 5.67 Å². The molecule has 3 N–H and O–H groups in total. The van der Waals surface area contributed by atoms with Gasteiger partial charge in [-0.05, 0) is 36.8 Å². The molecule has 1 saturated carbocycles. The lowest BCUT2D eigenvalue weighted by Gasteiger charge is -2.10. The molecule has 0 saturated heterocycles. The number of aromatic nitrogens is 3. The Labute approximate surface area is 157 Å². The maximum Gasteiger partial charge on any atom is 0.224 e. The van der Waals surface area contributed by atoms with Gasteiger partial charge >= 0.3 is 0 Å². The second-order valence-corrected chi connectivity index (χ2v) is 7.54. The van der Waals surface area contributed by atoms with Gasteiger partial charge in [0, 0.05) is 41.1 Å². The number of nitrogens with zero attached hydrogens (tertiary/aromatic N) is 2. The van der Waals surface area contributed by atoms with Crippen LogP contribution in [0.4, 0.5) is 10.3 Å². The number of aromatic amines is 1. The molecule has 1 aliphatic heterocycles. The molecular weight excluding hydrogens is 341 g/mol. The molecule has 2 aromatic heterocycles. The number of hydrogen-bond acceptors (Lipinski definition) is 4. The number of anilines is 1. The summed E-state index contributed by atoms with van der Waals surface area (Å²) in [5.41, 5.74) is 5.40. The van der Waals surface area contributed by atoms with Gasteiger partial charge < -0.3 is 15.6 Å². The standard InChI is InChI=1S/C21H22FN5/c1-13-16-5-4-15(9-14(16)3-2-8-23-13)17-10-24-19-18(17)11-25-20(27-19)26-12-21(22)6-7-21/h4-5,9-11,23H,1-3,6-8,12H2,(H2,24,25,26,27). The highest BCUT2D eigenvalue weighted by Crippen LogP contribution is 2.39. The molecule has 3 heterocycles. The van der Waals surface area contributed by atoms with E-state index in [0.29, 0.717) is 18.8 Å². The molecule has 27 heavy (non-hydrogen) atoms. The minimum absolute atomic E-state index is 0.273. The normalized spacial score (nSPS) is 17.9. The smallest absolute Gasteiger partial charge is 0.224 e. The van der Waals surface area contributed by atoms with Gasteiger partial charge in [-0.1, -0.05) is 24.8 Å². The Hall–Kier alpha value is -2.89. The topological polar surface area (TPSA) is 65.6 Å². The lowest BCUT2D eigenvalue weighted by atomic mass is 9.96. The third-order valence-electron chi connectivity index (χ3n) is 5.49. The molecule has 5 rings (SSSR count). The Morgan fingerprint density at radius 2 is 2.15 bits per heavy atom. The summed E-state index contributed by atoms with van der Waals surface area (Å²) in [5.74, 6) is 0.462. The van der Waals surface area contributed by atoms with Crippen molar-refractivity contribution in [3.8, 4) is 11.1 Å². The first-order valence-corrected chi connectivity index (χ1v) is 9.45. The van der Waals surface area contributed by atoms with Gasteiger partial charge in [0.15, 0.2) is 0 Å². The van der Waals surface area contributed by atoms with Gasteiger partial charge in [0.1, 0.15) is 11.3 Å². The van der Waals surface area contributed by atoms with E-state index in [0.717, 1.165) is 47.2 Å². The Kier molecular flexibility index (Phi) is 3.67. The number of alkyl halides is 1. The summed E-state index contributed by atoms with van der Waals surface area (Å²) in [7, 11) is 0. The van der Waals surface area contributed by atoms with Crippen LogP contribution < -0.4 is 10.6 Å². The van der Waals surface area contributed by atoms with Crippen molar-refractivity contribution in [2.45, 2.75) is 31.4 Å². The molecule has 3 aromatic rings. The van der Waals surface area contributed by atoms with Gasteiger partial charge in [0.25, 0.3) is 0 Å². The van der Waals surface area contributed by atoms with Crippen LogP contribution in [0.2, 0.25) is 0 Å². The van der Waals surface area contributed by atoms with Crippen molar-refractivity contribution in [3.05, 3.63) is 48.3 Å². The number of aryl methyl sites for hydroxylation is 1. The average Bonchev–Trinajstić information content (AvgIpc) is 3.32. The number of rotatable bonds is 4. The van der Waals surface area contributed by atoms with Gasteiger partial charge in [-0.15, -0.1) is 0 Å². The van der Waals surface area contributed by atoms with E-state index in [1.54, 1.807) is 6.20 Å². The molecule has 0 bridgehead atoms. The van der Waals surface area contributed by atoms with E-state index >= 15 is 0 Å². The van der Waals surface area contributed by atoms with E-state index in [4.69, 9.17) is 0 Å². The fraction of sp³-hybridized carbons (Fsp3) is 0.333. The molecule has 138 valence electrons. The first-order chi connectivity index (χ1) is 13.1. The van der Waals surface area contributed by atoms with Crippen molar-refractivity contribution in [2.24, 2.45) is 0 Å². The largest absolute Gasteiger partial charge is 0.385 e. The van der Waals surface area contributed by atoms with E-state index in [-0.39, 0.29) is 6.54 Å². The van der Waals surface area contributed by atoms with Crippen molar-refractivity contribution >= 4 is 22.7 Å². The zero-order chi connectivity index (χ0) is 18.4. The van der Waals surface area contributed by atoms with E-state index in [1.807, 2.05) is 6.20 Å². The molecular formula is C21H22FN5. The highest BCUT2D eigenvalue weighted by molar-refractivity contribution is 5.94. The number of nitrogens with one attached hydrogen (secondary N) is 3. The molecule has 0 spiro atoms. The van der Waals surface area contributed by atoms with Crippen molar-refractivity contribution in [1.29, 1.82) is 0 Å². The second-order valence-electron chi connectivity index (χ2n) is 7.54. The quantitative estimate of drug-likeness (QED) is 0.654. The zero-order valence-electron chi connectivity index (χ0n) is 15.1. The van der Waals surface area contributed by atoms with E-state index in [1.165, 1.54) is 11.1 Å². The molecule has 6 heteroatoms. The average molecular weight is 363 g/mol. The number of H-pyrrole nitrogens is 1. The molecule has 0 atom stereocenters. The van der Waals surface area contributed by atoms with Gasteiger partial charge in [-0.25, -0.2) is 9.37 Å². The Balaban J connectivity index is 1.46. The summed E-state index contributed by atoms with van der Waals surface area (Å²) < 4.78 is 13.8. The fourth-order valence-electron chi connectivity index (χ4n) is 3.66. The highest BCUT2D eigenvalue weighted by Gasteiger charge is 2.43. The molecule has 1 aliphatic carbocycles. The van der Waals surface area contributed by atoms with Crippen LogP contribution in [0.25, 0.3) is 27.9 Å². The highest BCUT2D eigenvalue weighted by atomic mass is 19.1.